The first-order valence-electron chi connectivity index (χ1n) is 5.45. The molecular weight excluding hydrogens is 204 g/mol. The van der Waals surface area contributed by atoms with Crippen LogP contribution in [0.25, 0.3) is 0 Å². The lowest BCUT2D eigenvalue weighted by atomic mass is 10.1. The van der Waals surface area contributed by atoms with E-state index >= 15 is 0 Å². The summed E-state index contributed by atoms with van der Waals surface area (Å²) >= 11 is 0. The van der Waals surface area contributed by atoms with Crippen molar-refractivity contribution in [3.63, 3.8) is 0 Å². The van der Waals surface area contributed by atoms with E-state index in [9.17, 15) is 4.79 Å². The van der Waals surface area contributed by atoms with Crippen LogP contribution in [0, 0.1) is 0 Å². The van der Waals surface area contributed by atoms with Crippen molar-refractivity contribution in [1.29, 1.82) is 0 Å². The molecule has 0 aliphatic heterocycles. The van der Waals surface area contributed by atoms with Crippen LogP contribution in [0.15, 0.2) is 24.4 Å². The van der Waals surface area contributed by atoms with E-state index in [1.54, 1.807) is 6.20 Å². The number of hydrogen-bond donors (Lipinski definition) is 1. The molecule has 0 amide bonds. The Morgan fingerprint density at radius 3 is 2.81 bits per heavy atom. The van der Waals surface area contributed by atoms with Gasteiger partial charge >= 0.3 is 5.97 Å². The highest BCUT2D eigenvalue weighted by Gasteiger charge is 2.16. The first kappa shape index (κ1) is 12.6. The second-order valence-electron chi connectivity index (χ2n) is 3.90. The van der Waals surface area contributed by atoms with E-state index in [2.05, 4.69) is 4.98 Å². The van der Waals surface area contributed by atoms with Gasteiger partial charge in [0.2, 0.25) is 0 Å². The lowest BCUT2D eigenvalue weighted by Gasteiger charge is -2.25. The van der Waals surface area contributed by atoms with Crippen LogP contribution in [0.4, 0.5) is 0 Å². The Balaban J connectivity index is 2.55. The van der Waals surface area contributed by atoms with Crippen LogP contribution in [0.3, 0.4) is 0 Å². The van der Waals surface area contributed by atoms with Crippen LogP contribution in [-0.4, -0.2) is 34.0 Å². The summed E-state index contributed by atoms with van der Waals surface area (Å²) in [6.07, 6.45) is 2.76. The van der Waals surface area contributed by atoms with Crippen molar-refractivity contribution in [2.75, 3.05) is 7.05 Å². The summed E-state index contributed by atoms with van der Waals surface area (Å²) in [7, 11) is 1.94. The van der Waals surface area contributed by atoms with Gasteiger partial charge in [-0.3, -0.25) is 14.7 Å². The Kier molecular flexibility index (Phi) is 4.92. The Morgan fingerprint density at radius 2 is 2.31 bits per heavy atom. The number of carboxylic acid groups (broad SMARTS) is 1. The van der Waals surface area contributed by atoms with E-state index < -0.39 is 5.97 Å². The number of rotatable bonds is 6. The van der Waals surface area contributed by atoms with Gasteiger partial charge < -0.3 is 5.11 Å². The van der Waals surface area contributed by atoms with Crippen molar-refractivity contribution in [2.45, 2.75) is 32.4 Å². The third-order valence-corrected chi connectivity index (χ3v) is 2.64. The van der Waals surface area contributed by atoms with E-state index in [0.717, 1.165) is 12.1 Å². The SMILES string of the molecule is CCC(CC(=O)O)N(C)Cc1ccccn1. The third-order valence-electron chi connectivity index (χ3n) is 2.64. The molecule has 0 radical (unpaired) electrons. The third kappa shape index (κ3) is 3.98. The number of nitrogens with zero attached hydrogens (tertiary/aromatic N) is 2. The first-order chi connectivity index (χ1) is 7.63. The molecule has 16 heavy (non-hydrogen) atoms. The summed E-state index contributed by atoms with van der Waals surface area (Å²) in [5.41, 5.74) is 0.967. The largest absolute Gasteiger partial charge is 0.481 e. The molecule has 1 aromatic heterocycles. The number of pyridine rings is 1. The molecule has 0 aliphatic rings. The zero-order valence-electron chi connectivity index (χ0n) is 9.76. The molecule has 0 saturated carbocycles. The fraction of sp³-hybridized carbons (Fsp3) is 0.500. The maximum Gasteiger partial charge on any atom is 0.304 e. The van der Waals surface area contributed by atoms with Gasteiger partial charge in [0.25, 0.3) is 0 Å². The number of aliphatic carboxylic acids is 1. The molecule has 1 aromatic rings. The van der Waals surface area contributed by atoms with Gasteiger partial charge in [-0.2, -0.15) is 0 Å². The van der Waals surface area contributed by atoms with Crippen molar-refractivity contribution >= 4 is 5.97 Å². The highest BCUT2D eigenvalue weighted by Crippen LogP contribution is 2.10. The summed E-state index contributed by atoms with van der Waals surface area (Å²) in [5, 5.41) is 8.79. The topological polar surface area (TPSA) is 53.4 Å². The smallest absolute Gasteiger partial charge is 0.304 e. The number of aromatic nitrogens is 1. The van der Waals surface area contributed by atoms with Gasteiger partial charge in [0, 0.05) is 18.8 Å². The highest BCUT2D eigenvalue weighted by atomic mass is 16.4. The Labute approximate surface area is 95.9 Å². The van der Waals surface area contributed by atoms with Crippen LogP contribution in [0.5, 0.6) is 0 Å². The first-order valence-corrected chi connectivity index (χ1v) is 5.45. The van der Waals surface area contributed by atoms with E-state index in [1.807, 2.05) is 37.1 Å². The van der Waals surface area contributed by atoms with Crippen molar-refractivity contribution in [2.24, 2.45) is 0 Å². The van der Waals surface area contributed by atoms with Gasteiger partial charge in [-0.05, 0) is 25.6 Å². The van der Waals surface area contributed by atoms with Crippen LogP contribution < -0.4 is 0 Å². The van der Waals surface area contributed by atoms with Crippen molar-refractivity contribution in [3.8, 4) is 0 Å². The lowest BCUT2D eigenvalue weighted by molar-refractivity contribution is -0.138. The summed E-state index contributed by atoms with van der Waals surface area (Å²) in [4.78, 5) is 16.9. The molecule has 0 aliphatic carbocycles. The molecule has 0 aromatic carbocycles. The normalized spacial score (nSPS) is 12.7. The molecule has 1 atom stereocenters. The standard InChI is InChI=1S/C12H18N2O2/c1-3-11(8-12(15)16)14(2)9-10-6-4-5-7-13-10/h4-7,11H,3,8-9H2,1-2H3,(H,15,16). The van der Waals surface area contributed by atoms with Gasteiger partial charge in [-0.15, -0.1) is 0 Å². The van der Waals surface area contributed by atoms with E-state index in [1.165, 1.54) is 0 Å². The monoisotopic (exact) mass is 222 g/mol. The van der Waals surface area contributed by atoms with E-state index in [-0.39, 0.29) is 12.5 Å². The zero-order chi connectivity index (χ0) is 12.0. The fourth-order valence-electron chi connectivity index (χ4n) is 1.69. The average molecular weight is 222 g/mol. The van der Waals surface area contributed by atoms with Gasteiger partial charge in [0.1, 0.15) is 0 Å². The minimum atomic E-state index is -0.750. The predicted molar refractivity (Wildman–Crippen MR) is 62.0 cm³/mol. The van der Waals surface area contributed by atoms with Crippen LogP contribution >= 0.6 is 0 Å². The molecule has 0 saturated heterocycles. The average Bonchev–Trinajstić information content (AvgIpc) is 2.26. The molecule has 0 fully saturated rings. The van der Waals surface area contributed by atoms with Gasteiger partial charge in [-0.1, -0.05) is 13.0 Å². The molecule has 88 valence electrons. The minimum absolute atomic E-state index is 0.0690. The maximum absolute atomic E-state index is 10.7. The summed E-state index contributed by atoms with van der Waals surface area (Å²) in [6, 6.07) is 5.83. The van der Waals surface area contributed by atoms with Gasteiger partial charge in [-0.25, -0.2) is 0 Å². The van der Waals surface area contributed by atoms with E-state index in [0.29, 0.717) is 6.54 Å². The fourth-order valence-corrected chi connectivity index (χ4v) is 1.69. The second kappa shape index (κ2) is 6.23. The lowest BCUT2D eigenvalue weighted by Crippen LogP contribution is -2.32. The zero-order valence-corrected chi connectivity index (χ0v) is 9.76. The van der Waals surface area contributed by atoms with E-state index in [4.69, 9.17) is 5.11 Å². The molecule has 1 heterocycles. The maximum atomic E-state index is 10.7. The summed E-state index contributed by atoms with van der Waals surface area (Å²) in [5.74, 6) is -0.750. The molecule has 1 unspecified atom stereocenters. The minimum Gasteiger partial charge on any atom is -0.481 e. The van der Waals surface area contributed by atoms with Gasteiger partial charge in [0.15, 0.2) is 0 Å². The highest BCUT2D eigenvalue weighted by molar-refractivity contribution is 5.67. The van der Waals surface area contributed by atoms with Crippen molar-refractivity contribution in [1.82, 2.24) is 9.88 Å². The number of carbonyl (C=O) groups is 1. The summed E-state index contributed by atoms with van der Waals surface area (Å²) < 4.78 is 0. The Morgan fingerprint density at radius 1 is 1.56 bits per heavy atom. The Bertz CT molecular complexity index is 327. The molecule has 0 spiro atoms. The summed E-state index contributed by atoms with van der Waals surface area (Å²) in [6.45, 7) is 2.69. The van der Waals surface area contributed by atoms with Crippen molar-refractivity contribution in [3.05, 3.63) is 30.1 Å². The molecular formula is C12H18N2O2. The number of carboxylic acids is 1. The van der Waals surface area contributed by atoms with Crippen LogP contribution in [0.1, 0.15) is 25.5 Å². The van der Waals surface area contributed by atoms with Crippen LogP contribution in [-0.2, 0) is 11.3 Å². The second-order valence-corrected chi connectivity index (χ2v) is 3.90. The molecule has 1 rings (SSSR count). The van der Waals surface area contributed by atoms with Crippen LogP contribution in [0.2, 0.25) is 0 Å². The molecule has 1 N–H and O–H groups in total. The molecule has 4 nitrogen and oxygen atoms in total. The molecule has 4 heteroatoms. The van der Waals surface area contributed by atoms with Crippen molar-refractivity contribution < 1.29 is 9.90 Å². The Hall–Kier alpha value is -1.42. The predicted octanol–water partition coefficient (Wildman–Crippen LogP) is 1.77. The molecule has 0 bridgehead atoms. The number of hydrogen-bond acceptors (Lipinski definition) is 3. The van der Waals surface area contributed by atoms with Gasteiger partial charge in [0.05, 0.1) is 12.1 Å². The quantitative estimate of drug-likeness (QED) is 0.797.